The van der Waals surface area contributed by atoms with Crippen molar-refractivity contribution in [3.63, 3.8) is 0 Å². The highest BCUT2D eigenvalue weighted by Crippen LogP contribution is 2.11. The van der Waals surface area contributed by atoms with Crippen LogP contribution in [-0.2, 0) is 0 Å². The number of anilines is 1. The zero-order valence-electron chi connectivity index (χ0n) is 10.2. The Morgan fingerprint density at radius 3 is 2.32 bits per heavy atom. The van der Waals surface area contributed by atoms with Crippen LogP contribution in [0.5, 0.6) is 0 Å². The van der Waals surface area contributed by atoms with Crippen LogP contribution in [0.2, 0.25) is 0 Å². The molecule has 0 fully saturated rings. The number of para-hydroxylation sites is 2. The summed E-state index contributed by atoms with van der Waals surface area (Å²) in [5, 5.41) is 2.49. The molecule has 0 heterocycles. The van der Waals surface area contributed by atoms with E-state index >= 15 is 0 Å². The summed E-state index contributed by atoms with van der Waals surface area (Å²) in [7, 11) is 0. The second-order valence-corrected chi connectivity index (χ2v) is 3.87. The van der Waals surface area contributed by atoms with E-state index in [4.69, 9.17) is 11.5 Å². The summed E-state index contributed by atoms with van der Waals surface area (Å²) in [5.74, 6) is -0.352. The summed E-state index contributed by atoms with van der Waals surface area (Å²) in [6.45, 7) is 0. The fourth-order valence-corrected chi connectivity index (χ4v) is 1.56. The molecular formula is C14H14N4O. The molecule has 1 amide bonds. The lowest BCUT2D eigenvalue weighted by Gasteiger charge is -2.06. The summed E-state index contributed by atoms with van der Waals surface area (Å²) in [4.78, 5) is 16.0. The summed E-state index contributed by atoms with van der Waals surface area (Å²) in [6, 6.07) is 15.9. The monoisotopic (exact) mass is 254 g/mol. The van der Waals surface area contributed by atoms with Crippen molar-refractivity contribution in [2.45, 2.75) is 0 Å². The van der Waals surface area contributed by atoms with E-state index in [1.54, 1.807) is 36.4 Å². The molecule has 2 aromatic rings. The first-order valence-electron chi connectivity index (χ1n) is 5.72. The van der Waals surface area contributed by atoms with E-state index in [2.05, 4.69) is 10.3 Å². The number of carbonyl (C=O) groups is 1. The second kappa shape index (κ2) is 5.68. The van der Waals surface area contributed by atoms with Gasteiger partial charge in [-0.15, -0.1) is 0 Å². The first kappa shape index (κ1) is 12.6. The number of guanidine groups is 1. The van der Waals surface area contributed by atoms with Crippen LogP contribution >= 0.6 is 0 Å². The van der Waals surface area contributed by atoms with E-state index in [0.29, 0.717) is 16.9 Å². The van der Waals surface area contributed by atoms with Gasteiger partial charge in [0.05, 0.1) is 11.3 Å². The zero-order valence-corrected chi connectivity index (χ0v) is 10.2. The number of nitrogens with two attached hydrogens (primary N) is 2. The maximum Gasteiger partial charge on any atom is 0.260 e. The van der Waals surface area contributed by atoms with E-state index in [1.165, 1.54) is 0 Å². The fraction of sp³-hybridized carbons (Fsp3) is 0. The molecule has 0 unspecified atom stereocenters. The summed E-state index contributed by atoms with van der Waals surface area (Å²) in [5.41, 5.74) is 12.8. The molecule has 19 heavy (non-hydrogen) atoms. The first-order chi connectivity index (χ1) is 9.16. The Kier molecular flexibility index (Phi) is 3.78. The first-order valence-corrected chi connectivity index (χ1v) is 5.72. The van der Waals surface area contributed by atoms with Crippen molar-refractivity contribution >= 4 is 23.2 Å². The standard InChI is InChI=1S/C14H14N4O/c15-12-9-5-4-8-11(12)13(19)18-14(16)17-10-6-2-1-3-7-10/h1-9H,15H2,(H3,16,17,18,19). The lowest BCUT2D eigenvalue weighted by molar-refractivity contribution is 0.0977. The Hall–Kier alpha value is -2.82. The maximum absolute atomic E-state index is 11.9. The van der Waals surface area contributed by atoms with Crippen molar-refractivity contribution in [2.75, 3.05) is 5.73 Å². The van der Waals surface area contributed by atoms with Gasteiger partial charge in [0.25, 0.3) is 5.91 Å². The highest BCUT2D eigenvalue weighted by molar-refractivity contribution is 6.08. The predicted octanol–water partition coefficient (Wildman–Crippen LogP) is 1.65. The van der Waals surface area contributed by atoms with Crippen molar-refractivity contribution < 1.29 is 4.79 Å². The second-order valence-electron chi connectivity index (χ2n) is 3.87. The lowest BCUT2D eigenvalue weighted by atomic mass is 10.2. The highest BCUT2D eigenvalue weighted by atomic mass is 16.1. The SMILES string of the molecule is NC(=Nc1ccccc1)NC(=O)c1ccccc1N. The normalized spacial score (nSPS) is 11.1. The molecule has 0 spiro atoms. The van der Waals surface area contributed by atoms with Crippen LogP contribution in [0.25, 0.3) is 0 Å². The molecule has 5 heteroatoms. The number of nitrogens with one attached hydrogen (secondary N) is 1. The van der Waals surface area contributed by atoms with Gasteiger partial charge in [-0.25, -0.2) is 4.99 Å². The van der Waals surface area contributed by atoms with Gasteiger partial charge in [0.2, 0.25) is 5.96 Å². The van der Waals surface area contributed by atoms with Crippen molar-refractivity contribution in [3.8, 4) is 0 Å². The molecular weight excluding hydrogens is 240 g/mol. The van der Waals surface area contributed by atoms with E-state index in [1.807, 2.05) is 18.2 Å². The van der Waals surface area contributed by atoms with Crippen molar-refractivity contribution in [3.05, 3.63) is 60.2 Å². The van der Waals surface area contributed by atoms with Gasteiger partial charge < -0.3 is 11.5 Å². The molecule has 0 aliphatic rings. The van der Waals surface area contributed by atoms with Crippen LogP contribution in [0.15, 0.2) is 59.6 Å². The van der Waals surface area contributed by atoms with Crippen LogP contribution in [0.1, 0.15) is 10.4 Å². The van der Waals surface area contributed by atoms with Crippen molar-refractivity contribution in [1.29, 1.82) is 0 Å². The van der Waals surface area contributed by atoms with Gasteiger partial charge in [-0.05, 0) is 24.3 Å². The third-order valence-electron chi connectivity index (χ3n) is 2.45. The van der Waals surface area contributed by atoms with Crippen LogP contribution < -0.4 is 16.8 Å². The number of hydrogen-bond donors (Lipinski definition) is 3. The number of aliphatic imine (C=N–C) groups is 1. The highest BCUT2D eigenvalue weighted by Gasteiger charge is 2.09. The molecule has 0 aromatic heterocycles. The Bertz CT molecular complexity index is 608. The summed E-state index contributed by atoms with van der Waals surface area (Å²) >= 11 is 0. The summed E-state index contributed by atoms with van der Waals surface area (Å²) in [6.07, 6.45) is 0. The number of rotatable bonds is 2. The predicted molar refractivity (Wildman–Crippen MR) is 76.0 cm³/mol. The molecule has 0 bridgehead atoms. The van der Waals surface area contributed by atoms with Gasteiger partial charge >= 0.3 is 0 Å². The maximum atomic E-state index is 11.9. The minimum absolute atomic E-state index is 0.0273. The Morgan fingerprint density at radius 2 is 1.63 bits per heavy atom. The molecule has 2 rings (SSSR count). The average molecular weight is 254 g/mol. The Morgan fingerprint density at radius 1 is 1.00 bits per heavy atom. The topological polar surface area (TPSA) is 93.5 Å². The molecule has 0 aliphatic heterocycles. The number of carbonyl (C=O) groups excluding carboxylic acids is 1. The van der Waals surface area contributed by atoms with Crippen LogP contribution in [0.3, 0.4) is 0 Å². The molecule has 0 atom stereocenters. The molecule has 0 saturated carbocycles. The average Bonchev–Trinajstić information content (AvgIpc) is 2.40. The van der Waals surface area contributed by atoms with E-state index in [-0.39, 0.29) is 11.9 Å². The number of hydrogen-bond acceptors (Lipinski definition) is 3. The number of nitrogens with zero attached hydrogens (tertiary/aromatic N) is 1. The van der Waals surface area contributed by atoms with E-state index in [9.17, 15) is 4.79 Å². The van der Waals surface area contributed by atoms with Crippen molar-refractivity contribution in [2.24, 2.45) is 10.7 Å². The molecule has 0 radical (unpaired) electrons. The van der Waals surface area contributed by atoms with Crippen molar-refractivity contribution in [1.82, 2.24) is 5.32 Å². The minimum atomic E-state index is -0.379. The summed E-state index contributed by atoms with van der Waals surface area (Å²) < 4.78 is 0. The minimum Gasteiger partial charge on any atom is -0.398 e. The van der Waals surface area contributed by atoms with Gasteiger partial charge in [-0.3, -0.25) is 10.1 Å². The van der Waals surface area contributed by atoms with Gasteiger partial charge in [-0.1, -0.05) is 30.3 Å². The smallest absolute Gasteiger partial charge is 0.260 e. The van der Waals surface area contributed by atoms with Gasteiger partial charge in [0.15, 0.2) is 0 Å². The Balaban J connectivity index is 2.12. The van der Waals surface area contributed by atoms with Crippen LogP contribution in [0, 0.1) is 0 Å². The molecule has 0 aliphatic carbocycles. The molecule has 5 N–H and O–H groups in total. The molecule has 2 aromatic carbocycles. The molecule has 96 valence electrons. The van der Waals surface area contributed by atoms with Gasteiger partial charge in [0, 0.05) is 5.69 Å². The lowest BCUT2D eigenvalue weighted by Crippen LogP contribution is -2.36. The number of benzene rings is 2. The number of nitrogen functional groups attached to an aromatic ring is 1. The largest absolute Gasteiger partial charge is 0.398 e. The van der Waals surface area contributed by atoms with Crippen LogP contribution in [0.4, 0.5) is 11.4 Å². The van der Waals surface area contributed by atoms with Gasteiger partial charge in [0.1, 0.15) is 0 Å². The Labute approximate surface area is 111 Å². The third-order valence-corrected chi connectivity index (χ3v) is 2.45. The zero-order chi connectivity index (χ0) is 13.7. The molecule has 0 saturated heterocycles. The van der Waals surface area contributed by atoms with E-state index < -0.39 is 0 Å². The fourth-order valence-electron chi connectivity index (χ4n) is 1.56. The molecule has 5 nitrogen and oxygen atoms in total. The third kappa shape index (κ3) is 3.32. The number of amides is 1. The van der Waals surface area contributed by atoms with Gasteiger partial charge in [-0.2, -0.15) is 0 Å². The quantitative estimate of drug-likeness (QED) is 0.432. The van der Waals surface area contributed by atoms with E-state index in [0.717, 1.165) is 0 Å². The van der Waals surface area contributed by atoms with Crippen LogP contribution in [-0.4, -0.2) is 11.9 Å².